The van der Waals surface area contributed by atoms with Crippen LogP contribution in [0.5, 0.6) is 0 Å². The highest BCUT2D eigenvalue weighted by atomic mass is 32.1. The maximum Gasteiger partial charge on any atom is 0.294 e. The van der Waals surface area contributed by atoms with E-state index in [9.17, 15) is 4.79 Å². The lowest BCUT2D eigenvalue weighted by Gasteiger charge is -2.08. The van der Waals surface area contributed by atoms with Crippen LogP contribution in [0.4, 0.5) is 11.5 Å². The molecular formula is C18H15N7OS. The van der Waals surface area contributed by atoms with E-state index in [-0.39, 0.29) is 11.6 Å². The second kappa shape index (κ2) is 6.96. The normalized spacial score (nSPS) is 10.7. The average molecular weight is 377 g/mol. The Morgan fingerprint density at radius 1 is 1.15 bits per heavy atom. The third-order valence-electron chi connectivity index (χ3n) is 3.83. The van der Waals surface area contributed by atoms with Gasteiger partial charge in [0.2, 0.25) is 5.82 Å². The zero-order valence-corrected chi connectivity index (χ0v) is 15.1. The third-order valence-corrected chi connectivity index (χ3v) is 4.72. The molecule has 4 heterocycles. The van der Waals surface area contributed by atoms with Gasteiger partial charge in [0.05, 0.1) is 22.5 Å². The van der Waals surface area contributed by atoms with Crippen molar-refractivity contribution in [1.82, 2.24) is 24.7 Å². The van der Waals surface area contributed by atoms with Crippen molar-refractivity contribution in [3.63, 3.8) is 0 Å². The van der Waals surface area contributed by atoms with Crippen molar-refractivity contribution < 1.29 is 4.79 Å². The number of pyridine rings is 1. The number of anilines is 2. The Morgan fingerprint density at radius 3 is 2.63 bits per heavy atom. The first kappa shape index (κ1) is 16.9. The highest BCUT2D eigenvalue weighted by Crippen LogP contribution is 2.26. The maximum absolute atomic E-state index is 12.5. The number of hydrogen-bond donors (Lipinski definition) is 2. The van der Waals surface area contributed by atoms with Crippen LogP contribution in [0.3, 0.4) is 0 Å². The molecule has 0 aliphatic carbocycles. The van der Waals surface area contributed by atoms with E-state index < -0.39 is 5.91 Å². The summed E-state index contributed by atoms with van der Waals surface area (Å²) in [5.74, 6) is -0.161. The molecule has 4 rings (SSSR count). The fourth-order valence-corrected chi connectivity index (χ4v) is 3.15. The molecule has 0 atom stereocenters. The standard InChI is InChI=1S/C18H15N7OS/c1-25-10-12(9-22-25)11-7-20-17(21-8-11)18(26)24-16-13(19)4-5-14(23-16)15-3-2-6-27-15/h2-10H,19H2,1H3,(H,23,24,26). The lowest BCUT2D eigenvalue weighted by Crippen LogP contribution is -2.17. The number of aryl methyl sites for hydroxylation is 1. The molecule has 0 radical (unpaired) electrons. The van der Waals surface area contributed by atoms with Crippen LogP contribution < -0.4 is 11.1 Å². The number of nitrogen functional groups attached to an aromatic ring is 1. The largest absolute Gasteiger partial charge is 0.396 e. The number of nitrogens with two attached hydrogens (primary N) is 1. The molecule has 9 heteroatoms. The number of thiophene rings is 1. The highest BCUT2D eigenvalue weighted by molar-refractivity contribution is 7.13. The predicted molar refractivity (Wildman–Crippen MR) is 104 cm³/mol. The summed E-state index contributed by atoms with van der Waals surface area (Å²) in [7, 11) is 1.83. The first-order valence-electron chi connectivity index (χ1n) is 8.03. The lowest BCUT2D eigenvalue weighted by atomic mass is 10.2. The van der Waals surface area contributed by atoms with E-state index in [4.69, 9.17) is 5.73 Å². The number of nitrogens with zero attached hydrogens (tertiary/aromatic N) is 5. The van der Waals surface area contributed by atoms with Crippen molar-refractivity contribution in [2.75, 3.05) is 11.1 Å². The number of rotatable bonds is 4. The zero-order chi connectivity index (χ0) is 18.8. The van der Waals surface area contributed by atoms with Gasteiger partial charge >= 0.3 is 0 Å². The van der Waals surface area contributed by atoms with E-state index in [1.165, 1.54) is 0 Å². The monoisotopic (exact) mass is 377 g/mol. The summed E-state index contributed by atoms with van der Waals surface area (Å²) in [6, 6.07) is 7.42. The first-order chi connectivity index (χ1) is 13.1. The van der Waals surface area contributed by atoms with Crippen LogP contribution in [0.1, 0.15) is 10.6 Å². The number of nitrogens with one attached hydrogen (secondary N) is 1. The molecule has 3 N–H and O–H groups in total. The molecule has 27 heavy (non-hydrogen) atoms. The topological polar surface area (TPSA) is 112 Å². The smallest absolute Gasteiger partial charge is 0.294 e. The molecule has 4 aromatic heterocycles. The van der Waals surface area contributed by atoms with E-state index in [2.05, 4.69) is 25.4 Å². The van der Waals surface area contributed by atoms with Crippen LogP contribution in [0.2, 0.25) is 0 Å². The maximum atomic E-state index is 12.5. The fraction of sp³-hybridized carbons (Fsp3) is 0.0556. The minimum atomic E-state index is -0.477. The number of carbonyl (C=O) groups is 1. The molecular weight excluding hydrogens is 362 g/mol. The fourth-order valence-electron chi connectivity index (χ4n) is 2.46. The second-order valence-electron chi connectivity index (χ2n) is 5.76. The van der Waals surface area contributed by atoms with Gasteiger partial charge in [-0.3, -0.25) is 9.48 Å². The van der Waals surface area contributed by atoms with Crippen molar-refractivity contribution >= 4 is 28.7 Å². The molecule has 0 saturated heterocycles. The molecule has 0 fully saturated rings. The second-order valence-corrected chi connectivity index (χ2v) is 6.71. The van der Waals surface area contributed by atoms with Crippen LogP contribution in [0.15, 0.2) is 54.4 Å². The Labute approximate surface area is 158 Å². The number of hydrogen-bond acceptors (Lipinski definition) is 7. The van der Waals surface area contributed by atoms with Gasteiger partial charge in [0.25, 0.3) is 5.91 Å². The minimum Gasteiger partial charge on any atom is -0.396 e. The number of carbonyl (C=O) groups excluding carboxylic acids is 1. The summed E-state index contributed by atoms with van der Waals surface area (Å²) >= 11 is 1.56. The first-order valence-corrected chi connectivity index (χ1v) is 8.91. The van der Waals surface area contributed by atoms with Gasteiger partial charge < -0.3 is 11.1 Å². The van der Waals surface area contributed by atoms with Crippen molar-refractivity contribution in [2.24, 2.45) is 7.05 Å². The Bertz CT molecular complexity index is 1090. The lowest BCUT2D eigenvalue weighted by molar-refractivity contribution is 0.101. The highest BCUT2D eigenvalue weighted by Gasteiger charge is 2.14. The van der Waals surface area contributed by atoms with Crippen molar-refractivity contribution in [1.29, 1.82) is 0 Å². The predicted octanol–water partition coefficient (Wildman–Crippen LogP) is 2.84. The molecule has 0 saturated carbocycles. The summed E-state index contributed by atoms with van der Waals surface area (Å²) < 4.78 is 1.69. The van der Waals surface area contributed by atoms with Crippen molar-refractivity contribution in [3.05, 3.63) is 60.3 Å². The average Bonchev–Trinajstić information content (AvgIpc) is 3.35. The summed E-state index contributed by atoms with van der Waals surface area (Å²) in [6.07, 6.45) is 6.72. The van der Waals surface area contributed by atoms with Crippen LogP contribution in [-0.4, -0.2) is 30.6 Å². The van der Waals surface area contributed by atoms with Crippen LogP contribution in [-0.2, 0) is 7.05 Å². The molecule has 0 aromatic carbocycles. The van der Waals surface area contributed by atoms with Crippen LogP contribution >= 0.6 is 11.3 Å². The molecule has 0 unspecified atom stereocenters. The minimum absolute atomic E-state index is 0.0327. The van der Waals surface area contributed by atoms with Crippen LogP contribution in [0, 0.1) is 0 Å². The Hall–Kier alpha value is -3.59. The molecule has 4 aromatic rings. The van der Waals surface area contributed by atoms with E-state index in [0.717, 1.165) is 21.7 Å². The van der Waals surface area contributed by atoms with Crippen LogP contribution in [0.25, 0.3) is 21.7 Å². The quantitative estimate of drug-likeness (QED) is 0.566. The van der Waals surface area contributed by atoms with Gasteiger partial charge in [0.1, 0.15) is 0 Å². The molecule has 0 bridgehead atoms. The molecule has 0 spiro atoms. The van der Waals surface area contributed by atoms with Gasteiger partial charge in [-0.15, -0.1) is 11.3 Å². The van der Waals surface area contributed by atoms with E-state index in [1.54, 1.807) is 40.7 Å². The van der Waals surface area contributed by atoms with Crippen molar-refractivity contribution in [3.8, 4) is 21.7 Å². The molecule has 0 aliphatic rings. The molecule has 1 amide bonds. The van der Waals surface area contributed by atoms with Crippen molar-refractivity contribution in [2.45, 2.75) is 0 Å². The summed E-state index contributed by atoms with van der Waals surface area (Å²) in [5, 5.41) is 8.75. The summed E-state index contributed by atoms with van der Waals surface area (Å²) in [6.45, 7) is 0. The van der Waals surface area contributed by atoms with E-state index in [1.807, 2.05) is 36.8 Å². The van der Waals surface area contributed by atoms with Gasteiger partial charge in [-0.2, -0.15) is 5.10 Å². The Balaban J connectivity index is 1.54. The number of amides is 1. The SMILES string of the molecule is Cn1cc(-c2cnc(C(=O)Nc3nc(-c4cccs4)ccc3N)nc2)cn1. The Kier molecular flexibility index (Phi) is 4.35. The molecule has 8 nitrogen and oxygen atoms in total. The number of aromatic nitrogens is 5. The van der Waals surface area contributed by atoms with Gasteiger partial charge in [0.15, 0.2) is 5.82 Å². The summed E-state index contributed by atoms with van der Waals surface area (Å²) in [4.78, 5) is 26.2. The van der Waals surface area contributed by atoms with Gasteiger partial charge in [0, 0.05) is 36.8 Å². The van der Waals surface area contributed by atoms with Gasteiger partial charge in [-0.25, -0.2) is 15.0 Å². The molecule has 134 valence electrons. The van der Waals surface area contributed by atoms with E-state index in [0.29, 0.717) is 5.69 Å². The van der Waals surface area contributed by atoms with Gasteiger partial charge in [-0.05, 0) is 23.6 Å². The van der Waals surface area contributed by atoms with Gasteiger partial charge in [-0.1, -0.05) is 6.07 Å². The van der Waals surface area contributed by atoms with E-state index >= 15 is 0 Å². The zero-order valence-electron chi connectivity index (χ0n) is 14.3. The summed E-state index contributed by atoms with van der Waals surface area (Å²) in [5.41, 5.74) is 8.71. The Morgan fingerprint density at radius 2 is 1.96 bits per heavy atom. The molecule has 0 aliphatic heterocycles. The third kappa shape index (κ3) is 3.53.